The number of aromatic nitrogens is 1. The summed E-state index contributed by atoms with van der Waals surface area (Å²) in [5.41, 5.74) is 1.72. The number of likely N-dealkylation sites (N-methyl/N-ethyl adjacent to an activating group) is 1. The molecule has 3 heterocycles. The molecule has 2 aliphatic rings. The SMILES string of the molecule is CC(C)C[C@@H](C(=O)N1C[C@]2(C[C@H]1C#N)C(=O)Nc1ccccc12)N(C)C(=O)c1ccnc2ccccc12. The fourth-order valence-electron chi connectivity index (χ4n) is 5.66. The quantitative estimate of drug-likeness (QED) is 0.580. The zero-order valence-corrected chi connectivity index (χ0v) is 21.1. The van der Waals surface area contributed by atoms with Gasteiger partial charge in [-0.25, -0.2) is 0 Å². The van der Waals surface area contributed by atoms with Crippen LogP contribution in [0, 0.1) is 17.2 Å². The number of nitrogens with zero attached hydrogens (tertiary/aromatic N) is 4. The van der Waals surface area contributed by atoms with Gasteiger partial charge in [0, 0.05) is 37.3 Å². The molecule has 188 valence electrons. The molecule has 8 heteroatoms. The summed E-state index contributed by atoms with van der Waals surface area (Å²) < 4.78 is 0. The van der Waals surface area contributed by atoms with Crippen molar-refractivity contribution < 1.29 is 14.4 Å². The van der Waals surface area contributed by atoms with Crippen molar-refractivity contribution in [3.63, 3.8) is 0 Å². The summed E-state index contributed by atoms with van der Waals surface area (Å²) in [6.07, 6.45) is 2.24. The molecule has 3 amide bonds. The Balaban J connectivity index is 1.48. The molecular formula is C29H29N5O3. The number of nitriles is 1. The summed E-state index contributed by atoms with van der Waals surface area (Å²) in [5.74, 6) is -0.684. The van der Waals surface area contributed by atoms with Crippen LogP contribution in [0.3, 0.4) is 0 Å². The van der Waals surface area contributed by atoms with Crippen molar-refractivity contribution in [1.82, 2.24) is 14.8 Å². The first-order chi connectivity index (χ1) is 17.8. The lowest BCUT2D eigenvalue weighted by molar-refractivity contribution is -0.136. The fourth-order valence-corrected chi connectivity index (χ4v) is 5.66. The zero-order valence-electron chi connectivity index (χ0n) is 21.1. The van der Waals surface area contributed by atoms with Gasteiger partial charge in [0.1, 0.15) is 12.1 Å². The van der Waals surface area contributed by atoms with Crippen LogP contribution >= 0.6 is 0 Å². The minimum absolute atomic E-state index is 0.0989. The number of carbonyl (C=O) groups is 3. The van der Waals surface area contributed by atoms with E-state index in [9.17, 15) is 19.6 Å². The maximum atomic E-state index is 14.1. The largest absolute Gasteiger partial charge is 0.330 e. The summed E-state index contributed by atoms with van der Waals surface area (Å²) in [4.78, 5) is 48.3. The second kappa shape index (κ2) is 9.32. The van der Waals surface area contributed by atoms with E-state index in [0.717, 1.165) is 5.56 Å². The van der Waals surface area contributed by atoms with Gasteiger partial charge >= 0.3 is 0 Å². The van der Waals surface area contributed by atoms with Crippen molar-refractivity contribution in [3.8, 4) is 6.07 Å². The number of carbonyl (C=O) groups excluding carboxylic acids is 3. The number of para-hydroxylation sites is 2. The van der Waals surface area contributed by atoms with Crippen molar-refractivity contribution >= 4 is 34.3 Å². The van der Waals surface area contributed by atoms with E-state index in [2.05, 4.69) is 16.4 Å². The average molecular weight is 496 g/mol. The van der Waals surface area contributed by atoms with E-state index in [4.69, 9.17) is 0 Å². The summed E-state index contributed by atoms with van der Waals surface area (Å²) in [5, 5.41) is 13.6. The molecule has 0 bridgehead atoms. The summed E-state index contributed by atoms with van der Waals surface area (Å²) in [6.45, 7) is 4.09. The molecule has 3 aromatic rings. The van der Waals surface area contributed by atoms with Gasteiger partial charge in [-0.2, -0.15) is 5.26 Å². The average Bonchev–Trinajstić information content (AvgIpc) is 3.43. The Morgan fingerprint density at radius 2 is 1.92 bits per heavy atom. The highest BCUT2D eigenvalue weighted by Gasteiger charge is 2.56. The number of anilines is 1. The van der Waals surface area contributed by atoms with Gasteiger partial charge in [0.25, 0.3) is 5.91 Å². The molecule has 1 N–H and O–H groups in total. The Labute approximate surface area is 215 Å². The van der Waals surface area contributed by atoms with Crippen LogP contribution in [0.25, 0.3) is 10.9 Å². The highest BCUT2D eigenvalue weighted by molar-refractivity contribution is 6.08. The van der Waals surface area contributed by atoms with Gasteiger partial charge in [0.15, 0.2) is 0 Å². The van der Waals surface area contributed by atoms with Crippen LogP contribution in [-0.2, 0) is 15.0 Å². The molecule has 0 saturated carbocycles. The van der Waals surface area contributed by atoms with Crippen LogP contribution in [0.15, 0.2) is 60.8 Å². The van der Waals surface area contributed by atoms with Gasteiger partial charge in [0.05, 0.1) is 22.6 Å². The predicted octanol–water partition coefficient (Wildman–Crippen LogP) is 3.74. The lowest BCUT2D eigenvalue weighted by Crippen LogP contribution is -2.52. The maximum absolute atomic E-state index is 14.1. The van der Waals surface area contributed by atoms with Crippen molar-refractivity contribution in [1.29, 1.82) is 5.26 Å². The minimum atomic E-state index is -0.973. The third-order valence-corrected chi connectivity index (χ3v) is 7.56. The Hall–Kier alpha value is -4.25. The molecule has 0 radical (unpaired) electrons. The van der Waals surface area contributed by atoms with Crippen LogP contribution < -0.4 is 5.32 Å². The van der Waals surface area contributed by atoms with E-state index in [1.807, 2.05) is 62.4 Å². The number of fused-ring (bicyclic) bond motifs is 3. The molecular weight excluding hydrogens is 466 g/mol. The number of pyridine rings is 1. The van der Waals surface area contributed by atoms with E-state index in [1.54, 1.807) is 19.3 Å². The zero-order chi connectivity index (χ0) is 26.3. The van der Waals surface area contributed by atoms with Crippen LogP contribution in [-0.4, -0.2) is 58.2 Å². The summed E-state index contributed by atoms with van der Waals surface area (Å²) >= 11 is 0. The molecule has 1 spiro atoms. The first kappa shape index (κ1) is 24.4. The van der Waals surface area contributed by atoms with Gasteiger partial charge in [-0.1, -0.05) is 50.2 Å². The van der Waals surface area contributed by atoms with Crippen LogP contribution in [0.5, 0.6) is 0 Å². The van der Waals surface area contributed by atoms with Gasteiger partial charge in [-0.05, 0) is 36.1 Å². The maximum Gasteiger partial charge on any atom is 0.255 e. The summed E-state index contributed by atoms with van der Waals surface area (Å²) in [7, 11) is 1.63. The topological polar surface area (TPSA) is 106 Å². The number of amides is 3. The Morgan fingerprint density at radius 1 is 1.19 bits per heavy atom. The van der Waals surface area contributed by atoms with E-state index in [1.165, 1.54) is 9.80 Å². The molecule has 37 heavy (non-hydrogen) atoms. The van der Waals surface area contributed by atoms with Crippen molar-refractivity contribution in [2.45, 2.75) is 44.2 Å². The fraction of sp³-hybridized carbons (Fsp3) is 0.345. The number of hydrogen-bond acceptors (Lipinski definition) is 5. The lowest BCUT2D eigenvalue weighted by Gasteiger charge is -2.33. The van der Waals surface area contributed by atoms with Crippen LogP contribution in [0.4, 0.5) is 5.69 Å². The predicted molar refractivity (Wildman–Crippen MR) is 140 cm³/mol. The molecule has 1 aromatic heterocycles. The van der Waals surface area contributed by atoms with Crippen LogP contribution in [0.2, 0.25) is 0 Å². The highest BCUT2D eigenvalue weighted by Crippen LogP contribution is 2.46. The van der Waals surface area contributed by atoms with Gasteiger partial charge in [0.2, 0.25) is 11.8 Å². The van der Waals surface area contributed by atoms with E-state index >= 15 is 0 Å². The number of hydrogen-bond donors (Lipinski definition) is 1. The van der Waals surface area contributed by atoms with Crippen molar-refractivity contribution in [2.75, 3.05) is 18.9 Å². The molecule has 2 aliphatic heterocycles. The second-order valence-corrected chi connectivity index (χ2v) is 10.3. The molecule has 3 atom stereocenters. The molecule has 0 unspecified atom stereocenters. The highest BCUT2D eigenvalue weighted by atomic mass is 16.2. The van der Waals surface area contributed by atoms with E-state index in [0.29, 0.717) is 28.6 Å². The number of nitrogens with one attached hydrogen (secondary N) is 1. The summed E-state index contributed by atoms with van der Waals surface area (Å²) in [6, 6.07) is 17.2. The lowest BCUT2D eigenvalue weighted by atomic mass is 9.80. The number of likely N-dealkylation sites (tertiary alicyclic amines) is 1. The standard InChI is InChI=1S/C29H29N5O3/c1-18(2)14-25(33(3)26(35)21-12-13-31-23-10-6-4-8-20(21)23)27(36)34-17-29(15-19(34)16-30)22-9-5-7-11-24(22)32-28(29)37/h4-13,18-19,25H,14-15,17H2,1-3H3,(H,32,37)/t19-,25-,29-/m0/s1. The first-order valence-corrected chi connectivity index (χ1v) is 12.5. The molecule has 5 rings (SSSR count). The molecule has 0 aliphatic carbocycles. The molecule has 1 saturated heterocycles. The monoisotopic (exact) mass is 495 g/mol. The Kier molecular flexibility index (Phi) is 6.16. The number of benzene rings is 2. The van der Waals surface area contributed by atoms with Gasteiger partial charge < -0.3 is 15.1 Å². The van der Waals surface area contributed by atoms with E-state index in [-0.39, 0.29) is 36.6 Å². The first-order valence-electron chi connectivity index (χ1n) is 12.5. The third kappa shape index (κ3) is 4.01. The van der Waals surface area contributed by atoms with Gasteiger partial charge in [-0.3, -0.25) is 19.4 Å². The van der Waals surface area contributed by atoms with Gasteiger partial charge in [-0.15, -0.1) is 0 Å². The van der Waals surface area contributed by atoms with Crippen molar-refractivity contribution in [2.24, 2.45) is 5.92 Å². The minimum Gasteiger partial charge on any atom is -0.330 e. The normalized spacial score (nSPS) is 21.1. The van der Waals surface area contributed by atoms with E-state index < -0.39 is 17.5 Å². The Bertz CT molecular complexity index is 1440. The molecule has 8 nitrogen and oxygen atoms in total. The second-order valence-electron chi connectivity index (χ2n) is 10.3. The molecule has 1 fully saturated rings. The smallest absolute Gasteiger partial charge is 0.255 e. The molecule has 2 aromatic carbocycles. The Morgan fingerprint density at radius 3 is 2.68 bits per heavy atom. The number of rotatable bonds is 5. The van der Waals surface area contributed by atoms with Crippen LogP contribution in [0.1, 0.15) is 42.6 Å². The third-order valence-electron chi connectivity index (χ3n) is 7.56. The van der Waals surface area contributed by atoms with Crippen molar-refractivity contribution in [3.05, 3.63) is 71.9 Å².